The highest BCUT2D eigenvalue weighted by molar-refractivity contribution is 5.43. The number of ether oxygens (including phenoxy) is 3. The fourth-order valence-corrected chi connectivity index (χ4v) is 2.47. The van der Waals surface area contributed by atoms with Gasteiger partial charge in [-0.2, -0.15) is 0 Å². The predicted octanol–water partition coefficient (Wildman–Crippen LogP) is 3.14. The second-order valence-electron chi connectivity index (χ2n) is 5.46. The lowest BCUT2D eigenvalue weighted by atomic mass is 10.1. The Morgan fingerprint density at radius 3 is 2.90 bits per heavy atom. The first-order chi connectivity index (χ1) is 10.3. The predicted molar refractivity (Wildman–Crippen MR) is 84.1 cm³/mol. The summed E-state index contributed by atoms with van der Waals surface area (Å²) in [5.74, 6) is 1.59. The summed E-state index contributed by atoms with van der Waals surface area (Å²) in [6.07, 6.45) is 4.84. The van der Waals surface area contributed by atoms with Gasteiger partial charge in [0.1, 0.15) is 6.61 Å². The van der Waals surface area contributed by atoms with Crippen LogP contribution in [0.2, 0.25) is 0 Å². The molecule has 4 nitrogen and oxygen atoms in total. The molecule has 0 amide bonds. The van der Waals surface area contributed by atoms with Gasteiger partial charge in [0.15, 0.2) is 11.5 Å². The van der Waals surface area contributed by atoms with Gasteiger partial charge in [-0.05, 0) is 49.9 Å². The molecule has 0 bridgehead atoms. The van der Waals surface area contributed by atoms with E-state index in [-0.39, 0.29) is 6.10 Å². The van der Waals surface area contributed by atoms with Crippen molar-refractivity contribution in [1.29, 1.82) is 0 Å². The number of methoxy groups -OCH3 is 1. The molecular weight excluding hydrogens is 266 g/mol. The van der Waals surface area contributed by atoms with E-state index in [1.54, 1.807) is 7.11 Å². The van der Waals surface area contributed by atoms with Crippen molar-refractivity contribution in [2.45, 2.75) is 45.3 Å². The van der Waals surface area contributed by atoms with Crippen LogP contribution in [0, 0.1) is 0 Å². The van der Waals surface area contributed by atoms with E-state index >= 15 is 0 Å². The molecule has 1 atom stereocenters. The van der Waals surface area contributed by atoms with Crippen molar-refractivity contribution >= 4 is 0 Å². The minimum atomic E-state index is 0.217. The third kappa shape index (κ3) is 5.21. The maximum Gasteiger partial charge on any atom is 0.161 e. The Hall–Kier alpha value is -1.26. The summed E-state index contributed by atoms with van der Waals surface area (Å²) in [5.41, 5.74) is 1.21. The molecule has 1 N–H and O–H groups in total. The fraction of sp³-hybridized carbons (Fsp3) is 0.647. The van der Waals surface area contributed by atoms with E-state index in [1.807, 2.05) is 12.1 Å². The van der Waals surface area contributed by atoms with Gasteiger partial charge in [0.25, 0.3) is 0 Å². The number of rotatable bonds is 8. The zero-order chi connectivity index (χ0) is 14.9. The first kappa shape index (κ1) is 16.1. The van der Waals surface area contributed by atoms with Crippen LogP contribution in [0.4, 0.5) is 0 Å². The number of hydrogen-bond donors (Lipinski definition) is 1. The minimum Gasteiger partial charge on any atom is -0.493 e. The molecule has 1 aliphatic rings. The maximum absolute atomic E-state index is 5.88. The van der Waals surface area contributed by atoms with E-state index in [2.05, 4.69) is 18.3 Å². The molecule has 1 aromatic rings. The molecule has 0 aromatic heterocycles. The van der Waals surface area contributed by atoms with Crippen LogP contribution in [0.3, 0.4) is 0 Å². The highest BCUT2D eigenvalue weighted by Crippen LogP contribution is 2.28. The number of hydrogen-bond acceptors (Lipinski definition) is 4. The zero-order valence-electron chi connectivity index (χ0n) is 13.2. The molecular formula is C17H27NO3. The molecule has 1 saturated heterocycles. The average Bonchev–Trinajstić information content (AvgIpc) is 2.54. The Labute approximate surface area is 127 Å². The van der Waals surface area contributed by atoms with Gasteiger partial charge >= 0.3 is 0 Å². The Morgan fingerprint density at radius 1 is 1.29 bits per heavy atom. The van der Waals surface area contributed by atoms with Gasteiger partial charge < -0.3 is 19.5 Å². The summed E-state index contributed by atoms with van der Waals surface area (Å²) in [7, 11) is 1.68. The van der Waals surface area contributed by atoms with Crippen LogP contribution in [0.15, 0.2) is 18.2 Å². The summed E-state index contributed by atoms with van der Waals surface area (Å²) >= 11 is 0. The van der Waals surface area contributed by atoms with Crippen LogP contribution in [-0.2, 0) is 11.3 Å². The van der Waals surface area contributed by atoms with Crippen LogP contribution in [0.1, 0.15) is 38.2 Å². The van der Waals surface area contributed by atoms with E-state index in [0.29, 0.717) is 6.61 Å². The van der Waals surface area contributed by atoms with Gasteiger partial charge in [-0.15, -0.1) is 0 Å². The van der Waals surface area contributed by atoms with Crippen molar-refractivity contribution in [3.8, 4) is 11.5 Å². The Balaban J connectivity index is 1.89. The van der Waals surface area contributed by atoms with E-state index < -0.39 is 0 Å². The molecule has 0 radical (unpaired) electrons. The molecule has 1 unspecified atom stereocenters. The molecule has 1 fully saturated rings. The first-order valence-electron chi connectivity index (χ1n) is 7.95. The second-order valence-corrected chi connectivity index (χ2v) is 5.46. The normalized spacial score (nSPS) is 18.5. The molecule has 21 heavy (non-hydrogen) atoms. The summed E-state index contributed by atoms with van der Waals surface area (Å²) in [4.78, 5) is 0. The van der Waals surface area contributed by atoms with E-state index in [1.165, 1.54) is 18.4 Å². The molecule has 2 rings (SSSR count). The molecule has 118 valence electrons. The highest BCUT2D eigenvalue weighted by atomic mass is 16.5. The lowest BCUT2D eigenvalue weighted by molar-refractivity contribution is -0.0114. The smallest absolute Gasteiger partial charge is 0.161 e. The standard InChI is InChI=1S/C17H27NO3/c1-3-9-18-12-14-7-8-16(17(11-14)19-2)21-13-15-6-4-5-10-20-15/h7-8,11,15,18H,3-6,9-10,12-13H2,1-2H3. The van der Waals surface area contributed by atoms with Crippen molar-refractivity contribution in [3.05, 3.63) is 23.8 Å². The Kier molecular flexibility index (Phi) is 6.83. The SMILES string of the molecule is CCCNCc1ccc(OCC2CCCCO2)c(OC)c1. The molecule has 1 heterocycles. The zero-order valence-corrected chi connectivity index (χ0v) is 13.2. The van der Waals surface area contributed by atoms with Crippen LogP contribution < -0.4 is 14.8 Å². The average molecular weight is 293 g/mol. The second kappa shape index (κ2) is 8.90. The van der Waals surface area contributed by atoms with Crippen LogP contribution in [0.5, 0.6) is 11.5 Å². The van der Waals surface area contributed by atoms with Crippen molar-refractivity contribution in [1.82, 2.24) is 5.32 Å². The third-order valence-corrected chi connectivity index (χ3v) is 3.68. The van der Waals surface area contributed by atoms with Gasteiger partial charge in [0.2, 0.25) is 0 Å². The van der Waals surface area contributed by atoms with Gasteiger partial charge in [-0.25, -0.2) is 0 Å². The quantitative estimate of drug-likeness (QED) is 0.747. The van der Waals surface area contributed by atoms with Gasteiger partial charge in [-0.3, -0.25) is 0 Å². The summed E-state index contributed by atoms with van der Waals surface area (Å²) in [6, 6.07) is 6.12. The summed E-state index contributed by atoms with van der Waals surface area (Å²) in [5, 5.41) is 3.39. The van der Waals surface area contributed by atoms with Crippen LogP contribution in [-0.4, -0.2) is 33.0 Å². The molecule has 1 aliphatic heterocycles. The van der Waals surface area contributed by atoms with E-state index in [9.17, 15) is 0 Å². The fourth-order valence-electron chi connectivity index (χ4n) is 2.47. The highest BCUT2D eigenvalue weighted by Gasteiger charge is 2.15. The molecule has 1 aromatic carbocycles. The number of benzene rings is 1. The molecule has 0 aliphatic carbocycles. The summed E-state index contributed by atoms with van der Waals surface area (Å²) in [6.45, 7) is 5.50. The third-order valence-electron chi connectivity index (χ3n) is 3.68. The number of nitrogens with one attached hydrogen (secondary N) is 1. The van der Waals surface area contributed by atoms with Crippen LogP contribution >= 0.6 is 0 Å². The minimum absolute atomic E-state index is 0.217. The van der Waals surface area contributed by atoms with Crippen molar-refractivity contribution in [2.75, 3.05) is 26.9 Å². The Bertz CT molecular complexity index is 416. The van der Waals surface area contributed by atoms with Gasteiger partial charge in [-0.1, -0.05) is 13.0 Å². The maximum atomic E-state index is 5.88. The molecule has 0 saturated carbocycles. The monoisotopic (exact) mass is 293 g/mol. The van der Waals surface area contributed by atoms with Crippen molar-refractivity contribution < 1.29 is 14.2 Å². The lowest BCUT2D eigenvalue weighted by Gasteiger charge is -2.23. The first-order valence-corrected chi connectivity index (χ1v) is 7.95. The van der Waals surface area contributed by atoms with Gasteiger partial charge in [0.05, 0.1) is 13.2 Å². The summed E-state index contributed by atoms with van der Waals surface area (Å²) < 4.78 is 17.0. The van der Waals surface area contributed by atoms with Crippen molar-refractivity contribution in [2.24, 2.45) is 0 Å². The van der Waals surface area contributed by atoms with Gasteiger partial charge in [0, 0.05) is 13.2 Å². The largest absolute Gasteiger partial charge is 0.493 e. The van der Waals surface area contributed by atoms with E-state index in [4.69, 9.17) is 14.2 Å². The topological polar surface area (TPSA) is 39.7 Å². The van der Waals surface area contributed by atoms with Crippen LogP contribution in [0.25, 0.3) is 0 Å². The molecule has 0 spiro atoms. The lowest BCUT2D eigenvalue weighted by Crippen LogP contribution is -2.25. The molecule has 4 heteroatoms. The van der Waals surface area contributed by atoms with E-state index in [0.717, 1.165) is 44.0 Å². The Morgan fingerprint density at radius 2 is 2.19 bits per heavy atom. The van der Waals surface area contributed by atoms with Crippen molar-refractivity contribution in [3.63, 3.8) is 0 Å².